The molecule has 1 rings (SSSR count). The summed E-state index contributed by atoms with van der Waals surface area (Å²) in [6.07, 6.45) is 1.09. The Morgan fingerprint density at radius 1 is 1.42 bits per heavy atom. The van der Waals surface area contributed by atoms with Gasteiger partial charge in [0.1, 0.15) is 11.6 Å². The lowest BCUT2D eigenvalue weighted by Gasteiger charge is -2.35. The van der Waals surface area contributed by atoms with Gasteiger partial charge in [0.15, 0.2) is 0 Å². The third-order valence-electron chi connectivity index (χ3n) is 3.87. The minimum absolute atomic E-state index is 0.0330. The molecule has 0 amide bonds. The maximum atomic E-state index is 7.51. The number of nitrogens with two attached hydrogens (primary N) is 1. The molecule has 0 heterocycles. The molecule has 1 aromatic carbocycles. The van der Waals surface area contributed by atoms with Crippen molar-refractivity contribution in [3.05, 3.63) is 29.3 Å². The van der Waals surface area contributed by atoms with Crippen LogP contribution in [0.4, 0.5) is 0 Å². The smallest absolute Gasteiger partial charge is 0.130 e. The van der Waals surface area contributed by atoms with Crippen LogP contribution >= 0.6 is 0 Å². The van der Waals surface area contributed by atoms with Crippen molar-refractivity contribution >= 4 is 5.84 Å². The number of rotatable bonds is 6. The highest BCUT2D eigenvalue weighted by molar-refractivity contribution is 5.97. The molecule has 0 aliphatic rings. The third kappa shape index (κ3) is 3.70. The average Bonchev–Trinajstić information content (AvgIpc) is 2.38. The molecule has 3 N–H and O–H groups in total. The Labute approximate surface area is 116 Å². The van der Waals surface area contributed by atoms with Gasteiger partial charge in [0.2, 0.25) is 0 Å². The summed E-state index contributed by atoms with van der Waals surface area (Å²) in [5.74, 6) is 0.693. The number of benzene rings is 1. The van der Waals surface area contributed by atoms with Gasteiger partial charge in [-0.15, -0.1) is 0 Å². The number of methoxy groups -OCH3 is 1. The molecular formula is C15H25N3O. The van der Waals surface area contributed by atoms with Crippen molar-refractivity contribution in [3.8, 4) is 5.75 Å². The van der Waals surface area contributed by atoms with Gasteiger partial charge in [-0.3, -0.25) is 10.3 Å². The van der Waals surface area contributed by atoms with Crippen molar-refractivity contribution in [2.45, 2.75) is 39.3 Å². The summed E-state index contributed by atoms with van der Waals surface area (Å²) in [7, 11) is 3.72. The Balaban J connectivity index is 2.95. The van der Waals surface area contributed by atoms with Gasteiger partial charge in [-0.2, -0.15) is 0 Å². The highest BCUT2D eigenvalue weighted by Crippen LogP contribution is 2.23. The molecular weight excluding hydrogens is 238 g/mol. The predicted octanol–water partition coefficient (Wildman–Crippen LogP) is 2.60. The average molecular weight is 263 g/mol. The fourth-order valence-electron chi connectivity index (χ4n) is 1.81. The van der Waals surface area contributed by atoms with E-state index in [0.717, 1.165) is 18.5 Å². The molecule has 0 aliphatic heterocycles. The van der Waals surface area contributed by atoms with Crippen LogP contribution in [0, 0.1) is 5.41 Å². The van der Waals surface area contributed by atoms with Gasteiger partial charge in [0, 0.05) is 12.1 Å². The molecule has 0 saturated carbocycles. The lowest BCUT2D eigenvalue weighted by Crippen LogP contribution is -2.39. The van der Waals surface area contributed by atoms with E-state index in [0.29, 0.717) is 11.3 Å². The molecule has 0 aromatic heterocycles. The van der Waals surface area contributed by atoms with Gasteiger partial charge in [0.25, 0.3) is 0 Å². The quantitative estimate of drug-likeness (QED) is 0.612. The Morgan fingerprint density at radius 2 is 2.05 bits per heavy atom. The Hall–Kier alpha value is -1.55. The topological polar surface area (TPSA) is 62.3 Å². The molecule has 19 heavy (non-hydrogen) atoms. The van der Waals surface area contributed by atoms with Crippen LogP contribution in [0.25, 0.3) is 0 Å². The fraction of sp³-hybridized carbons (Fsp3) is 0.533. The summed E-state index contributed by atoms with van der Waals surface area (Å²) in [4.78, 5) is 2.31. The van der Waals surface area contributed by atoms with Crippen LogP contribution in [0.2, 0.25) is 0 Å². The highest BCUT2D eigenvalue weighted by atomic mass is 16.5. The van der Waals surface area contributed by atoms with E-state index in [9.17, 15) is 0 Å². The summed E-state index contributed by atoms with van der Waals surface area (Å²) >= 11 is 0. The predicted molar refractivity (Wildman–Crippen MR) is 79.8 cm³/mol. The van der Waals surface area contributed by atoms with Crippen LogP contribution in [0.1, 0.15) is 38.3 Å². The fourth-order valence-corrected chi connectivity index (χ4v) is 1.81. The van der Waals surface area contributed by atoms with Crippen LogP contribution in [0.3, 0.4) is 0 Å². The van der Waals surface area contributed by atoms with Crippen molar-refractivity contribution in [1.82, 2.24) is 4.90 Å². The minimum Gasteiger partial charge on any atom is -0.496 e. The van der Waals surface area contributed by atoms with Crippen molar-refractivity contribution < 1.29 is 4.74 Å². The number of ether oxygens (including phenoxy) is 1. The minimum atomic E-state index is 0.0330. The number of hydrogen-bond acceptors (Lipinski definition) is 3. The number of nitrogens with zero attached hydrogens (tertiary/aromatic N) is 1. The number of hydrogen-bond donors (Lipinski definition) is 2. The zero-order valence-electron chi connectivity index (χ0n) is 12.6. The molecule has 1 aromatic rings. The molecule has 106 valence electrons. The molecule has 0 bridgehead atoms. The lowest BCUT2D eigenvalue weighted by atomic mass is 9.99. The SMILES string of the molecule is CCC(C)(C)N(C)Cc1ccc(C(=N)N)c(OC)c1. The van der Waals surface area contributed by atoms with Gasteiger partial charge in [-0.1, -0.05) is 13.0 Å². The first-order valence-corrected chi connectivity index (χ1v) is 6.54. The molecule has 0 radical (unpaired) electrons. The van der Waals surface area contributed by atoms with Crippen LogP contribution in [-0.2, 0) is 6.54 Å². The van der Waals surface area contributed by atoms with Crippen LogP contribution < -0.4 is 10.5 Å². The second-order valence-corrected chi connectivity index (χ2v) is 5.47. The second kappa shape index (κ2) is 6.06. The summed E-state index contributed by atoms with van der Waals surface area (Å²) in [5.41, 5.74) is 7.48. The molecule has 0 fully saturated rings. The Morgan fingerprint density at radius 3 is 2.53 bits per heavy atom. The summed E-state index contributed by atoms with van der Waals surface area (Å²) in [5, 5.41) is 7.51. The molecule has 0 atom stereocenters. The summed E-state index contributed by atoms with van der Waals surface area (Å²) in [6, 6.07) is 5.81. The molecule has 0 spiro atoms. The monoisotopic (exact) mass is 263 g/mol. The van der Waals surface area contributed by atoms with E-state index in [2.05, 4.69) is 32.7 Å². The third-order valence-corrected chi connectivity index (χ3v) is 3.87. The van der Waals surface area contributed by atoms with E-state index in [4.69, 9.17) is 15.9 Å². The van der Waals surface area contributed by atoms with Crippen molar-refractivity contribution in [3.63, 3.8) is 0 Å². The lowest BCUT2D eigenvalue weighted by molar-refractivity contribution is 0.143. The van der Waals surface area contributed by atoms with Gasteiger partial charge in [-0.05, 0) is 45.0 Å². The molecule has 0 unspecified atom stereocenters. The van der Waals surface area contributed by atoms with Crippen LogP contribution in [0.15, 0.2) is 18.2 Å². The van der Waals surface area contributed by atoms with Gasteiger partial charge in [0.05, 0.1) is 12.7 Å². The molecule has 0 saturated heterocycles. The van der Waals surface area contributed by atoms with E-state index in [1.165, 1.54) is 0 Å². The van der Waals surface area contributed by atoms with Crippen molar-refractivity contribution in [2.24, 2.45) is 5.73 Å². The number of nitrogen functional groups attached to an aromatic ring is 1. The first-order valence-electron chi connectivity index (χ1n) is 6.54. The maximum absolute atomic E-state index is 7.51. The first kappa shape index (κ1) is 15.5. The Bertz CT molecular complexity index is 455. The first-order chi connectivity index (χ1) is 8.81. The van der Waals surface area contributed by atoms with E-state index >= 15 is 0 Å². The van der Waals surface area contributed by atoms with Gasteiger partial charge in [-0.25, -0.2) is 0 Å². The van der Waals surface area contributed by atoms with E-state index in [1.54, 1.807) is 7.11 Å². The van der Waals surface area contributed by atoms with Crippen LogP contribution in [-0.4, -0.2) is 30.4 Å². The van der Waals surface area contributed by atoms with Crippen molar-refractivity contribution in [2.75, 3.05) is 14.2 Å². The van der Waals surface area contributed by atoms with Gasteiger partial charge < -0.3 is 10.5 Å². The van der Waals surface area contributed by atoms with Gasteiger partial charge >= 0.3 is 0 Å². The van der Waals surface area contributed by atoms with E-state index in [1.807, 2.05) is 18.2 Å². The molecule has 0 aliphatic carbocycles. The van der Waals surface area contributed by atoms with E-state index < -0.39 is 0 Å². The largest absolute Gasteiger partial charge is 0.496 e. The van der Waals surface area contributed by atoms with Crippen LogP contribution in [0.5, 0.6) is 5.75 Å². The Kier molecular flexibility index (Phi) is 4.95. The molecule has 4 nitrogen and oxygen atoms in total. The summed E-state index contributed by atoms with van der Waals surface area (Å²) in [6.45, 7) is 7.49. The maximum Gasteiger partial charge on any atom is 0.130 e. The number of amidine groups is 1. The van der Waals surface area contributed by atoms with E-state index in [-0.39, 0.29) is 11.4 Å². The zero-order chi connectivity index (χ0) is 14.6. The summed E-state index contributed by atoms with van der Waals surface area (Å²) < 4.78 is 5.30. The second-order valence-electron chi connectivity index (χ2n) is 5.47. The van der Waals surface area contributed by atoms with Crippen molar-refractivity contribution in [1.29, 1.82) is 5.41 Å². The zero-order valence-corrected chi connectivity index (χ0v) is 12.6. The standard InChI is InChI=1S/C15H25N3O/c1-6-15(2,3)18(4)10-11-7-8-12(14(16)17)13(9-11)19-5/h7-9H,6,10H2,1-5H3,(H3,16,17). The number of nitrogens with one attached hydrogen (secondary N) is 1. The normalized spacial score (nSPS) is 11.7. The molecule has 4 heteroatoms. The highest BCUT2D eigenvalue weighted by Gasteiger charge is 2.21.